The fraction of sp³-hybridized carbons (Fsp3) is 0.353. The summed E-state index contributed by atoms with van der Waals surface area (Å²) in [6.45, 7) is 3.11. The number of nitrogens with one attached hydrogen (secondary N) is 4. The van der Waals surface area contributed by atoms with Gasteiger partial charge in [0.25, 0.3) is 5.91 Å². The molecule has 0 aliphatic rings. The molecule has 0 fully saturated rings. The molecule has 0 aliphatic heterocycles. The molecule has 0 aliphatic carbocycles. The Morgan fingerprint density at radius 2 is 1.96 bits per heavy atom. The number of nitrogens with two attached hydrogens (primary N) is 1. The average molecular weight is 475 g/mol. The van der Waals surface area contributed by atoms with Crippen LogP contribution in [0.5, 0.6) is 0 Å². The Kier molecular flexibility index (Phi) is 7.28. The number of hydrogen-bond donors (Lipinski definition) is 6. The highest BCUT2D eigenvalue weighted by Crippen LogP contribution is 2.29. The van der Waals surface area contributed by atoms with Gasteiger partial charge in [-0.2, -0.15) is 0 Å². The molecule has 4 amide bonds. The predicted molar refractivity (Wildman–Crippen MR) is 109 cm³/mol. The molecule has 3 atom stereocenters. The molecule has 28 heavy (non-hydrogen) atoms. The smallest absolute Gasteiger partial charge is 0.312 e. The number of amides is 4. The summed E-state index contributed by atoms with van der Waals surface area (Å²) in [7, 11) is 0. The molecule has 7 N–H and O–H groups in total. The Balaban J connectivity index is 1.98. The zero-order valence-electron chi connectivity index (χ0n) is 15.2. The number of aliphatic hydroxyl groups excluding tert-OH is 1. The van der Waals surface area contributed by atoms with E-state index in [4.69, 9.17) is 17.3 Å². The van der Waals surface area contributed by atoms with Gasteiger partial charge in [0.1, 0.15) is 11.7 Å². The number of primary amides is 1. The largest absolute Gasteiger partial charge is 0.391 e. The van der Waals surface area contributed by atoms with Crippen molar-refractivity contribution in [3.05, 3.63) is 33.4 Å². The van der Waals surface area contributed by atoms with Gasteiger partial charge in [-0.05, 0) is 32.0 Å². The van der Waals surface area contributed by atoms with Crippen molar-refractivity contribution in [2.75, 3.05) is 6.54 Å². The van der Waals surface area contributed by atoms with Gasteiger partial charge < -0.3 is 31.8 Å². The Hall–Kier alpha value is -2.30. The quantitative estimate of drug-likeness (QED) is 0.358. The lowest BCUT2D eigenvalue weighted by molar-refractivity contribution is -0.125. The van der Waals surface area contributed by atoms with Crippen LogP contribution in [0, 0.1) is 0 Å². The molecule has 9 nitrogen and oxygen atoms in total. The molecular weight excluding hydrogens is 454 g/mol. The van der Waals surface area contributed by atoms with Crippen LogP contribution in [0.15, 0.2) is 22.7 Å². The third kappa shape index (κ3) is 5.37. The van der Waals surface area contributed by atoms with Crippen LogP contribution in [-0.2, 0) is 4.79 Å². The van der Waals surface area contributed by atoms with Crippen molar-refractivity contribution in [2.24, 2.45) is 5.73 Å². The van der Waals surface area contributed by atoms with Gasteiger partial charge in [-0.25, -0.2) is 4.79 Å². The minimum Gasteiger partial charge on any atom is -0.391 e. The molecule has 0 saturated carbocycles. The number of rotatable bonds is 7. The number of carbonyl (C=O) groups excluding carboxylic acids is 3. The molecule has 2 rings (SSSR count). The van der Waals surface area contributed by atoms with Crippen LogP contribution >= 0.6 is 27.5 Å². The molecule has 11 heteroatoms. The van der Waals surface area contributed by atoms with Crippen LogP contribution in [-0.4, -0.2) is 52.7 Å². The maximum atomic E-state index is 12.4. The Morgan fingerprint density at radius 1 is 1.29 bits per heavy atom. The van der Waals surface area contributed by atoms with E-state index in [-0.39, 0.29) is 12.2 Å². The zero-order chi connectivity index (χ0) is 21.0. The first-order chi connectivity index (χ1) is 13.1. The molecule has 1 aromatic heterocycles. The standard InChI is InChI=1S/C17H21BrClN5O4/c1-7(22-16(27)13(8(2)25)24-17(20)28)6-21-15(26)14-12(19)10-5-9(18)3-4-11(10)23-14/h3-5,7-8,13,23,25H,6H2,1-2H3,(H,21,26)(H,22,27)(H3,20,24,28). The highest BCUT2D eigenvalue weighted by atomic mass is 79.9. The van der Waals surface area contributed by atoms with Crippen molar-refractivity contribution in [3.8, 4) is 0 Å². The van der Waals surface area contributed by atoms with E-state index in [1.54, 1.807) is 19.1 Å². The lowest BCUT2D eigenvalue weighted by atomic mass is 10.1. The molecule has 2 aromatic rings. The second kappa shape index (κ2) is 9.26. The maximum Gasteiger partial charge on any atom is 0.312 e. The summed E-state index contributed by atoms with van der Waals surface area (Å²) in [4.78, 5) is 38.5. The van der Waals surface area contributed by atoms with Crippen molar-refractivity contribution in [3.63, 3.8) is 0 Å². The molecule has 0 bridgehead atoms. The molecule has 3 unspecified atom stereocenters. The fourth-order valence-electron chi connectivity index (χ4n) is 2.56. The van der Waals surface area contributed by atoms with Crippen LogP contribution in [0.1, 0.15) is 24.3 Å². The van der Waals surface area contributed by atoms with Gasteiger partial charge in [0, 0.05) is 28.0 Å². The summed E-state index contributed by atoms with van der Waals surface area (Å²) in [5, 5.41) is 18.0. The van der Waals surface area contributed by atoms with Crippen molar-refractivity contribution >= 4 is 56.3 Å². The Bertz CT molecular complexity index is 901. The molecular formula is C17H21BrClN5O4. The van der Waals surface area contributed by atoms with Gasteiger partial charge in [0.15, 0.2) is 0 Å². The first kappa shape index (κ1) is 22.0. The Morgan fingerprint density at radius 3 is 2.57 bits per heavy atom. The van der Waals surface area contributed by atoms with E-state index in [0.717, 1.165) is 9.99 Å². The zero-order valence-corrected chi connectivity index (χ0v) is 17.5. The summed E-state index contributed by atoms with van der Waals surface area (Å²) in [6.07, 6.45) is -1.14. The number of carbonyl (C=O) groups is 3. The normalized spacial score (nSPS) is 14.2. The number of aromatic nitrogens is 1. The van der Waals surface area contributed by atoms with Crippen molar-refractivity contribution in [1.82, 2.24) is 20.9 Å². The number of fused-ring (bicyclic) bond motifs is 1. The molecule has 1 heterocycles. The van der Waals surface area contributed by atoms with Crippen LogP contribution in [0.3, 0.4) is 0 Å². The number of urea groups is 1. The average Bonchev–Trinajstić information content (AvgIpc) is 2.93. The van der Waals surface area contributed by atoms with E-state index in [0.29, 0.717) is 10.4 Å². The lowest BCUT2D eigenvalue weighted by Crippen LogP contribution is -2.56. The highest BCUT2D eigenvalue weighted by molar-refractivity contribution is 9.10. The number of benzene rings is 1. The summed E-state index contributed by atoms with van der Waals surface area (Å²) in [5.41, 5.74) is 5.93. The molecule has 152 valence electrons. The van der Waals surface area contributed by atoms with Crippen LogP contribution in [0.25, 0.3) is 10.9 Å². The van der Waals surface area contributed by atoms with E-state index >= 15 is 0 Å². The highest BCUT2D eigenvalue weighted by Gasteiger charge is 2.26. The van der Waals surface area contributed by atoms with Gasteiger partial charge in [0.2, 0.25) is 5.91 Å². The first-order valence-corrected chi connectivity index (χ1v) is 9.56. The van der Waals surface area contributed by atoms with Crippen LogP contribution in [0.4, 0.5) is 4.79 Å². The van der Waals surface area contributed by atoms with E-state index in [1.807, 2.05) is 6.07 Å². The molecule has 0 saturated heterocycles. The molecule has 0 radical (unpaired) electrons. The van der Waals surface area contributed by atoms with Crippen LogP contribution in [0.2, 0.25) is 5.02 Å². The predicted octanol–water partition coefficient (Wildman–Crippen LogP) is 1.24. The second-order valence-corrected chi connectivity index (χ2v) is 7.64. The van der Waals surface area contributed by atoms with E-state index in [2.05, 4.69) is 36.9 Å². The molecule has 0 spiro atoms. The van der Waals surface area contributed by atoms with Crippen molar-refractivity contribution in [1.29, 1.82) is 0 Å². The minimum atomic E-state index is -1.20. The third-order valence-corrected chi connectivity index (χ3v) is 4.83. The summed E-state index contributed by atoms with van der Waals surface area (Å²) in [5.74, 6) is -1.05. The van der Waals surface area contributed by atoms with E-state index < -0.39 is 36.0 Å². The number of hydrogen-bond acceptors (Lipinski definition) is 4. The molecule has 1 aromatic carbocycles. The van der Waals surface area contributed by atoms with Gasteiger partial charge >= 0.3 is 6.03 Å². The number of aromatic amines is 1. The van der Waals surface area contributed by atoms with Gasteiger partial charge in [-0.3, -0.25) is 9.59 Å². The lowest BCUT2D eigenvalue weighted by Gasteiger charge is -2.22. The maximum absolute atomic E-state index is 12.4. The van der Waals surface area contributed by atoms with E-state index in [1.165, 1.54) is 6.92 Å². The SMILES string of the molecule is CC(CNC(=O)c1[nH]c2ccc(Br)cc2c1Cl)NC(=O)C(NC(N)=O)C(C)O. The van der Waals surface area contributed by atoms with Crippen LogP contribution < -0.4 is 21.7 Å². The van der Waals surface area contributed by atoms with Gasteiger partial charge in [-0.15, -0.1) is 0 Å². The van der Waals surface area contributed by atoms with Gasteiger partial charge in [-0.1, -0.05) is 27.5 Å². The van der Waals surface area contributed by atoms with Gasteiger partial charge in [0.05, 0.1) is 11.1 Å². The first-order valence-electron chi connectivity index (χ1n) is 8.39. The summed E-state index contributed by atoms with van der Waals surface area (Å²) in [6, 6.07) is 2.82. The van der Waals surface area contributed by atoms with Crippen molar-refractivity contribution in [2.45, 2.75) is 32.0 Å². The minimum absolute atomic E-state index is 0.100. The monoisotopic (exact) mass is 473 g/mol. The Labute approximate surface area is 174 Å². The number of aliphatic hydroxyl groups is 1. The second-order valence-electron chi connectivity index (χ2n) is 6.35. The number of halogens is 2. The number of H-pyrrole nitrogens is 1. The summed E-state index contributed by atoms with van der Waals surface area (Å²) >= 11 is 9.64. The topological polar surface area (TPSA) is 149 Å². The van der Waals surface area contributed by atoms with E-state index in [9.17, 15) is 19.5 Å². The summed E-state index contributed by atoms with van der Waals surface area (Å²) < 4.78 is 0.835. The fourth-order valence-corrected chi connectivity index (χ4v) is 3.21. The van der Waals surface area contributed by atoms with Crippen molar-refractivity contribution < 1.29 is 19.5 Å². The third-order valence-electron chi connectivity index (χ3n) is 3.94.